The zero-order chi connectivity index (χ0) is 12.2. The molecule has 3 rings (SSSR count). The summed E-state index contributed by atoms with van der Waals surface area (Å²) in [5.74, 6) is 3.59. The maximum atomic E-state index is 3.61. The minimum Gasteiger partial charge on any atom is -0.361 e. The van der Waals surface area contributed by atoms with Crippen molar-refractivity contribution < 1.29 is 0 Å². The quantitative estimate of drug-likeness (QED) is 0.882. The third-order valence-electron chi connectivity index (χ3n) is 3.72. The normalized spacial score (nSPS) is 17.3. The van der Waals surface area contributed by atoms with Crippen molar-refractivity contribution in [2.45, 2.75) is 19.4 Å². The number of aromatic amines is 1. The van der Waals surface area contributed by atoms with E-state index in [9.17, 15) is 0 Å². The van der Waals surface area contributed by atoms with E-state index in [1.165, 1.54) is 47.4 Å². The summed E-state index contributed by atoms with van der Waals surface area (Å²) in [4.78, 5) is 3.27. The first-order chi connectivity index (χ1) is 8.92. The summed E-state index contributed by atoms with van der Waals surface area (Å²) >= 11 is 2.10. The maximum Gasteiger partial charge on any atom is 0.0457 e. The fourth-order valence-corrected chi connectivity index (χ4v) is 3.78. The van der Waals surface area contributed by atoms with E-state index in [1.54, 1.807) is 0 Å². The number of hydrogen-bond acceptors (Lipinski definition) is 2. The molecule has 0 saturated carbocycles. The summed E-state index contributed by atoms with van der Waals surface area (Å²) in [5.41, 5.74) is 2.61. The zero-order valence-electron chi connectivity index (χ0n) is 10.6. The van der Waals surface area contributed by atoms with Gasteiger partial charge in [0.25, 0.3) is 0 Å². The number of nitrogens with one attached hydrogen (secondary N) is 2. The van der Waals surface area contributed by atoms with Crippen LogP contribution in [0.1, 0.15) is 18.4 Å². The van der Waals surface area contributed by atoms with Crippen LogP contribution in [0.25, 0.3) is 10.9 Å². The summed E-state index contributed by atoms with van der Waals surface area (Å²) in [6.45, 7) is 2.15. The Morgan fingerprint density at radius 2 is 2.11 bits per heavy atom. The summed E-state index contributed by atoms with van der Waals surface area (Å²) < 4.78 is 0. The maximum absolute atomic E-state index is 3.61. The fourth-order valence-electron chi connectivity index (χ4n) is 2.58. The first-order valence-corrected chi connectivity index (χ1v) is 7.92. The van der Waals surface area contributed by atoms with Gasteiger partial charge in [0.05, 0.1) is 0 Å². The van der Waals surface area contributed by atoms with Gasteiger partial charge in [0.15, 0.2) is 0 Å². The second-order valence-electron chi connectivity index (χ2n) is 5.09. The Morgan fingerprint density at radius 3 is 3.00 bits per heavy atom. The van der Waals surface area contributed by atoms with Gasteiger partial charge < -0.3 is 10.3 Å². The molecule has 0 unspecified atom stereocenters. The number of fused-ring (bicyclic) bond motifs is 1. The highest BCUT2D eigenvalue weighted by Crippen LogP contribution is 2.22. The Bertz CT molecular complexity index is 500. The summed E-state index contributed by atoms with van der Waals surface area (Å²) in [5, 5.41) is 4.90. The molecule has 0 aliphatic carbocycles. The van der Waals surface area contributed by atoms with Gasteiger partial charge in [-0.25, -0.2) is 0 Å². The molecule has 1 aliphatic rings. The monoisotopic (exact) mass is 260 g/mol. The highest BCUT2D eigenvalue weighted by molar-refractivity contribution is 7.99. The smallest absolute Gasteiger partial charge is 0.0457 e. The number of H-pyrrole nitrogens is 1. The minimum atomic E-state index is 0.889. The molecule has 0 bridgehead atoms. The molecule has 0 radical (unpaired) electrons. The Morgan fingerprint density at radius 1 is 1.22 bits per heavy atom. The van der Waals surface area contributed by atoms with Gasteiger partial charge in [-0.1, -0.05) is 12.1 Å². The molecule has 1 aromatic heterocycles. The van der Waals surface area contributed by atoms with Crippen molar-refractivity contribution in [1.29, 1.82) is 0 Å². The summed E-state index contributed by atoms with van der Waals surface area (Å²) in [6, 6.07) is 8.78. The molecule has 0 amide bonds. The number of hydrogen-bond donors (Lipinski definition) is 2. The van der Waals surface area contributed by atoms with E-state index in [0.29, 0.717) is 0 Å². The van der Waals surface area contributed by atoms with Gasteiger partial charge >= 0.3 is 0 Å². The first kappa shape index (κ1) is 12.1. The van der Waals surface area contributed by atoms with Crippen LogP contribution in [0.5, 0.6) is 0 Å². The van der Waals surface area contributed by atoms with E-state index < -0.39 is 0 Å². The number of benzene rings is 1. The molecule has 2 heterocycles. The summed E-state index contributed by atoms with van der Waals surface area (Å²) in [7, 11) is 0. The van der Waals surface area contributed by atoms with Gasteiger partial charge in [0, 0.05) is 18.3 Å². The van der Waals surface area contributed by atoms with Crippen molar-refractivity contribution in [1.82, 2.24) is 10.3 Å². The molecular formula is C15H20N2S. The lowest BCUT2D eigenvalue weighted by molar-refractivity contribution is 0.448. The summed E-state index contributed by atoms with van der Waals surface area (Å²) in [6.07, 6.45) is 4.77. The molecule has 1 saturated heterocycles. The molecule has 2 aromatic rings. The van der Waals surface area contributed by atoms with Crippen molar-refractivity contribution in [3.05, 3.63) is 36.0 Å². The van der Waals surface area contributed by atoms with Crippen LogP contribution >= 0.6 is 11.8 Å². The van der Waals surface area contributed by atoms with Gasteiger partial charge in [0.1, 0.15) is 0 Å². The molecule has 2 nitrogen and oxygen atoms in total. The highest BCUT2D eigenvalue weighted by Gasteiger charge is 2.12. The van der Waals surface area contributed by atoms with E-state index in [2.05, 4.69) is 46.3 Å². The van der Waals surface area contributed by atoms with Crippen LogP contribution in [0.4, 0.5) is 0 Å². The second-order valence-corrected chi connectivity index (χ2v) is 6.31. The molecule has 0 atom stereocenters. The Labute approximate surface area is 113 Å². The molecule has 0 spiro atoms. The molecule has 3 heteroatoms. The van der Waals surface area contributed by atoms with E-state index in [0.717, 1.165) is 12.5 Å². The number of aromatic nitrogens is 1. The van der Waals surface area contributed by atoms with Crippen LogP contribution in [-0.4, -0.2) is 23.0 Å². The van der Waals surface area contributed by atoms with Crippen molar-refractivity contribution in [2.75, 3.05) is 18.1 Å². The van der Waals surface area contributed by atoms with E-state index >= 15 is 0 Å². The van der Waals surface area contributed by atoms with Crippen LogP contribution in [0.3, 0.4) is 0 Å². The lowest BCUT2D eigenvalue weighted by atomic mass is 10.0. The van der Waals surface area contributed by atoms with E-state index in [4.69, 9.17) is 0 Å². The molecule has 1 aliphatic heterocycles. The molecule has 96 valence electrons. The lowest BCUT2D eigenvalue weighted by Gasteiger charge is -2.21. The molecule has 1 aromatic carbocycles. The number of rotatable bonds is 4. The standard InChI is InChI=1S/C15H20N2S/c1-2-14-3-6-17-15(14)9-13(1)11-16-10-12-4-7-18-8-5-12/h1-3,6,9,12,16-17H,4-5,7-8,10-11H2. The highest BCUT2D eigenvalue weighted by atomic mass is 32.2. The molecule has 2 N–H and O–H groups in total. The van der Waals surface area contributed by atoms with E-state index in [-0.39, 0.29) is 0 Å². The third kappa shape index (κ3) is 2.90. The molecule has 1 fully saturated rings. The van der Waals surface area contributed by atoms with Gasteiger partial charge in [-0.3, -0.25) is 0 Å². The van der Waals surface area contributed by atoms with Crippen molar-refractivity contribution >= 4 is 22.7 Å². The molecule has 18 heavy (non-hydrogen) atoms. The van der Waals surface area contributed by atoms with Crippen LogP contribution in [-0.2, 0) is 6.54 Å². The zero-order valence-corrected chi connectivity index (χ0v) is 11.4. The predicted molar refractivity (Wildman–Crippen MR) is 80.1 cm³/mol. The van der Waals surface area contributed by atoms with Crippen molar-refractivity contribution in [2.24, 2.45) is 5.92 Å². The number of thioether (sulfide) groups is 1. The van der Waals surface area contributed by atoms with Crippen LogP contribution in [0.15, 0.2) is 30.5 Å². The SMILES string of the molecule is c1cc2ccc(CNCC3CCSCC3)cc2[nH]1. The Kier molecular flexibility index (Phi) is 3.91. The average Bonchev–Trinajstić information content (AvgIpc) is 2.87. The molecular weight excluding hydrogens is 240 g/mol. The van der Waals surface area contributed by atoms with Gasteiger partial charge in [0.2, 0.25) is 0 Å². The van der Waals surface area contributed by atoms with Crippen molar-refractivity contribution in [3.63, 3.8) is 0 Å². The topological polar surface area (TPSA) is 27.8 Å². The second kappa shape index (κ2) is 5.81. The average molecular weight is 260 g/mol. The van der Waals surface area contributed by atoms with Crippen LogP contribution < -0.4 is 5.32 Å². The Balaban J connectivity index is 1.52. The first-order valence-electron chi connectivity index (χ1n) is 6.76. The van der Waals surface area contributed by atoms with Crippen LogP contribution in [0.2, 0.25) is 0 Å². The van der Waals surface area contributed by atoms with Gasteiger partial charge in [-0.05, 0) is 59.9 Å². The Hall–Kier alpha value is -0.930. The fraction of sp³-hybridized carbons (Fsp3) is 0.467. The predicted octanol–water partition coefficient (Wildman–Crippen LogP) is 3.40. The van der Waals surface area contributed by atoms with Gasteiger partial charge in [-0.2, -0.15) is 11.8 Å². The lowest BCUT2D eigenvalue weighted by Crippen LogP contribution is -2.25. The van der Waals surface area contributed by atoms with Crippen molar-refractivity contribution in [3.8, 4) is 0 Å². The largest absolute Gasteiger partial charge is 0.361 e. The van der Waals surface area contributed by atoms with E-state index in [1.807, 2.05) is 6.20 Å². The third-order valence-corrected chi connectivity index (χ3v) is 4.77. The van der Waals surface area contributed by atoms with Crippen LogP contribution in [0, 0.1) is 5.92 Å². The van der Waals surface area contributed by atoms with Gasteiger partial charge in [-0.15, -0.1) is 0 Å². The minimum absolute atomic E-state index is 0.889.